The van der Waals surface area contributed by atoms with Crippen molar-refractivity contribution in [3.63, 3.8) is 0 Å². The molecule has 2 atom stereocenters. The molecule has 2 heterocycles. The van der Waals surface area contributed by atoms with Gasteiger partial charge in [-0.1, -0.05) is 23.7 Å². The Hall–Kier alpha value is -2.61. The predicted octanol–water partition coefficient (Wildman–Crippen LogP) is 2.07. The lowest BCUT2D eigenvalue weighted by molar-refractivity contribution is -0.120. The number of hydrazine groups is 1. The third-order valence-electron chi connectivity index (χ3n) is 4.43. The van der Waals surface area contributed by atoms with Crippen LogP contribution >= 0.6 is 11.6 Å². The summed E-state index contributed by atoms with van der Waals surface area (Å²) in [6.45, 7) is 0.505. The number of carbonyl (C=O) groups is 2. The van der Waals surface area contributed by atoms with Gasteiger partial charge in [0, 0.05) is 17.3 Å². The van der Waals surface area contributed by atoms with Crippen molar-refractivity contribution in [3.05, 3.63) is 53.1 Å². The monoisotopic (exact) mass is 372 g/mol. The number of benzene rings is 2. The van der Waals surface area contributed by atoms with Gasteiger partial charge in [0.2, 0.25) is 5.91 Å². The van der Waals surface area contributed by atoms with Crippen LogP contribution in [0.4, 0.5) is 11.4 Å². The van der Waals surface area contributed by atoms with Crippen molar-refractivity contribution in [2.45, 2.75) is 6.04 Å². The maximum absolute atomic E-state index is 12.8. The molecule has 4 rings (SSSR count). The van der Waals surface area contributed by atoms with Crippen molar-refractivity contribution in [1.82, 2.24) is 10.9 Å². The summed E-state index contributed by atoms with van der Waals surface area (Å²) in [5, 5.41) is 6.29. The van der Waals surface area contributed by atoms with Crippen LogP contribution in [0.25, 0.3) is 0 Å². The fourth-order valence-corrected chi connectivity index (χ4v) is 3.25. The Kier molecular flexibility index (Phi) is 4.50. The van der Waals surface area contributed by atoms with E-state index in [1.165, 1.54) is 0 Å². The molecule has 0 radical (unpaired) electrons. The Labute approximate surface area is 155 Å². The first-order valence-corrected chi connectivity index (χ1v) is 8.59. The van der Waals surface area contributed by atoms with Gasteiger partial charge in [0.25, 0.3) is 5.91 Å². The summed E-state index contributed by atoms with van der Waals surface area (Å²) in [4.78, 5) is 24.2. The minimum Gasteiger partial charge on any atom is -0.482 e. The Bertz CT molecular complexity index is 856. The van der Waals surface area contributed by atoms with Crippen molar-refractivity contribution < 1.29 is 14.3 Å². The van der Waals surface area contributed by atoms with Crippen LogP contribution in [0.3, 0.4) is 0 Å². The molecule has 2 aliphatic rings. The minimum atomic E-state index is -0.293. The molecule has 0 bridgehead atoms. The topological polar surface area (TPSA) is 91.5 Å². The number of hydrogen-bond acceptors (Lipinski definition) is 5. The first-order chi connectivity index (χ1) is 12.6. The van der Waals surface area contributed by atoms with E-state index in [0.717, 1.165) is 5.56 Å². The fraction of sp³-hybridized carbons (Fsp3) is 0.222. The zero-order chi connectivity index (χ0) is 18.1. The lowest BCUT2D eigenvalue weighted by Gasteiger charge is -2.21. The Morgan fingerprint density at radius 1 is 1.19 bits per heavy atom. The quantitative estimate of drug-likeness (QED) is 0.662. The molecule has 1 saturated heterocycles. The van der Waals surface area contributed by atoms with Crippen LogP contribution in [0.5, 0.6) is 5.75 Å². The van der Waals surface area contributed by atoms with E-state index in [9.17, 15) is 9.59 Å². The van der Waals surface area contributed by atoms with Crippen LogP contribution in [-0.2, 0) is 9.59 Å². The van der Waals surface area contributed by atoms with E-state index in [2.05, 4.69) is 21.5 Å². The van der Waals surface area contributed by atoms with Crippen molar-refractivity contribution in [3.8, 4) is 5.75 Å². The molecular formula is C18H17ClN4O3. The second kappa shape index (κ2) is 6.95. The largest absolute Gasteiger partial charge is 0.482 e. The maximum atomic E-state index is 12.8. The number of rotatable bonds is 3. The zero-order valence-corrected chi connectivity index (χ0v) is 14.5. The average molecular weight is 373 g/mol. The van der Waals surface area contributed by atoms with Crippen LogP contribution < -0.4 is 26.2 Å². The van der Waals surface area contributed by atoms with Gasteiger partial charge in [-0.2, -0.15) is 0 Å². The highest BCUT2D eigenvalue weighted by molar-refractivity contribution is 6.30. The molecule has 2 amide bonds. The first-order valence-electron chi connectivity index (χ1n) is 8.21. The third kappa shape index (κ3) is 3.37. The zero-order valence-electron chi connectivity index (χ0n) is 13.7. The Morgan fingerprint density at radius 2 is 2.00 bits per heavy atom. The van der Waals surface area contributed by atoms with Gasteiger partial charge in [-0.3, -0.25) is 15.0 Å². The Morgan fingerprint density at radius 3 is 2.81 bits per heavy atom. The minimum absolute atomic E-state index is 0.000884. The number of amides is 2. The molecule has 0 aromatic heterocycles. The van der Waals surface area contributed by atoms with Gasteiger partial charge in [-0.15, -0.1) is 0 Å². The fourth-order valence-electron chi connectivity index (χ4n) is 3.12. The van der Waals surface area contributed by atoms with Crippen LogP contribution in [0.15, 0.2) is 42.5 Å². The Balaban J connectivity index is 1.50. The lowest BCUT2D eigenvalue weighted by Crippen LogP contribution is -2.30. The SMILES string of the molecule is O=C1COc2ccc(NC(=O)C3CNNC3c3ccc(Cl)cc3)cc2N1. The van der Waals surface area contributed by atoms with Gasteiger partial charge in [0.1, 0.15) is 5.75 Å². The molecule has 2 aliphatic heterocycles. The van der Waals surface area contributed by atoms with E-state index in [1.807, 2.05) is 12.1 Å². The van der Waals surface area contributed by atoms with Crippen LogP contribution in [0.1, 0.15) is 11.6 Å². The van der Waals surface area contributed by atoms with Crippen LogP contribution in [0.2, 0.25) is 5.02 Å². The lowest BCUT2D eigenvalue weighted by atomic mass is 9.94. The molecule has 0 saturated carbocycles. The van der Waals surface area contributed by atoms with Gasteiger partial charge in [0.05, 0.1) is 17.6 Å². The van der Waals surface area contributed by atoms with Crippen molar-refractivity contribution in [2.24, 2.45) is 5.92 Å². The maximum Gasteiger partial charge on any atom is 0.262 e. The molecule has 4 N–H and O–H groups in total. The molecule has 0 spiro atoms. The summed E-state index contributed by atoms with van der Waals surface area (Å²) >= 11 is 5.94. The average Bonchev–Trinajstić information content (AvgIpc) is 3.12. The van der Waals surface area contributed by atoms with E-state index in [1.54, 1.807) is 30.3 Å². The summed E-state index contributed by atoms with van der Waals surface area (Å²) in [7, 11) is 0. The third-order valence-corrected chi connectivity index (χ3v) is 4.68. The number of halogens is 1. The number of ether oxygens (including phenoxy) is 1. The predicted molar refractivity (Wildman–Crippen MR) is 98.0 cm³/mol. The highest BCUT2D eigenvalue weighted by Gasteiger charge is 2.34. The number of anilines is 2. The standard InChI is InChI=1S/C18H17ClN4O3/c19-11-3-1-10(2-4-11)17-13(8-20-23-17)18(25)21-12-5-6-15-14(7-12)22-16(24)9-26-15/h1-7,13,17,20,23H,8-9H2,(H,21,25)(H,22,24). The number of hydrogen-bond donors (Lipinski definition) is 4. The molecule has 2 aromatic carbocycles. The highest BCUT2D eigenvalue weighted by Crippen LogP contribution is 2.32. The number of fused-ring (bicyclic) bond motifs is 1. The molecule has 134 valence electrons. The summed E-state index contributed by atoms with van der Waals surface area (Å²) in [6.07, 6.45) is 0. The van der Waals surface area contributed by atoms with E-state index >= 15 is 0 Å². The second-order valence-electron chi connectivity index (χ2n) is 6.20. The van der Waals surface area contributed by atoms with E-state index < -0.39 is 0 Å². The second-order valence-corrected chi connectivity index (χ2v) is 6.63. The van der Waals surface area contributed by atoms with Gasteiger partial charge in [-0.25, -0.2) is 5.43 Å². The molecule has 1 fully saturated rings. The van der Waals surface area contributed by atoms with Crippen LogP contribution in [-0.4, -0.2) is 25.0 Å². The van der Waals surface area contributed by atoms with Gasteiger partial charge >= 0.3 is 0 Å². The number of carbonyl (C=O) groups excluding carboxylic acids is 2. The van der Waals surface area contributed by atoms with E-state index in [0.29, 0.717) is 28.7 Å². The van der Waals surface area contributed by atoms with Gasteiger partial charge in [-0.05, 0) is 35.9 Å². The van der Waals surface area contributed by atoms with E-state index in [-0.39, 0.29) is 30.4 Å². The van der Waals surface area contributed by atoms with Crippen molar-refractivity contribution in [1.29, 1.82) is 0 Å². The van der Waals surface area contributed by atoms with Crippen molar-refractivity contribution >= 4 is 34.8 Å². The molecule has 26 heavy (non-hydrogen) atoms. The smallest absolute Gasteiger partial charge is 0.262 e. The van der Waals surface area contributed by atoms with Crippen LogP contribution in [0, 0.1) is 5.92 Å². The van der Waals surface area contributed by atoms with Gasteiger partial charge in [0.15, 0.2) is 6.61 Å². The molecule has 8 heteroatoms. The van der Waals surface area contributed by atoms with Gasteiger partial charge < -0.3 is 15.4 Å². The summed E-state index contributed by atoms with van der Waals surface area (Å²) in [6, 6.07) is 12.4. The van der Waals surface area contributed by atoms with E-state index in [4.69, 9.17) is 16.3 Å². The normalized spacial score (nSPS) is 21.5. The summed E-state index contributed by atoms with van der Waals surface area (Å²) in [5.74, 6) is -0.0395. The van der Waals surface area contributed by atoms with Crippen molar-refractivity contribution in [2.75, 3.05) is 23.8 Å². The molecule has 2 aromatic rings. The molecule has 0 aliphatic carbocycles. The molecular weight excluding hydrogens is 356 g/mol. The first kappa shape index (κ1) is 16.8. The summed E-state index contributed by atoms with van der Waals surface area (Å²) < 4.78 is 5.32. The molecule has 7 nitrogen and oxygen atoms in total. The highest BCUT2D eigenvalue weighted by atomic mass is 35.5. The number of nitrogens with one attached hydrogen (secondary N) is 4. The summed E-state index contributed by atoms with van der Waals surface area (Å²) in [5.41, 5.74) is 8.30. The molecule has 2 unspecified atom stereocenters.